The van der Waals surface area contributed by atoms with E-state index in [-0.39, 0.29) is 18.2 Å². The molecule has 28 heavy (non-hydrogen) atoms. The van der Waals surface area contributed by atoms with Gasteiger partial charge in [0, 0.05) is 11.4 Å². The lowest BCUT2D eigenvalue weighted by Crippen LogP contribution is -2.31. The first-order chi connectivity index (χ1) is 13.5. The van der Waals surface area contributed by atoms with E-state index in [0.29, 0.717) is 22.3 Å². The number of imide groups is 1. The van der Waals surface area contributed by atoms with Gasteiger partial charge in [0.05, 0.1) is 27.5 Å². The Hall–Kier alpha value is -1.80. The number of thioether (sulfide) groups is 1. The average molecular weight is 453 g/mol. The summed E-state index contributed by atoms with van der Waals surface area (Å²) in [5.74, 6) is 0.170. The maximum absolute atomic E-state index is 12.9. The molecule has 0 spiro atoms. The highest BCUT2D eigenvalue weighted by molar-refractivity contribution is 8.02. The summed E-state index contributed by atoms with van der Waals surface area (Å²) in [6.07, 6.45) is 0.0897. The molecular weight excluding hydrogens is 439 g/mol. The summed E-state index contributed by atoms with van der Waals surface area (Å²) in [5.41, 5.74) is 1.15. The SMILES string of the molecule is CCOc1ccc2nc(S[C@@H]3CC(=O)N(c4cc(Cl)ccc4Cl)C3=O)sc2c1. The lowest BCUT2D eigenvalue weighted by atomic mass is 10.3. The molecule has 1 atom stereocenters. The van der Waals surface area contributed by atoms with Crippen LogP contribution in [0.2, 0.25) is 10.0 Å². The number of ether oxygens (including phenoxy) is 1. The van der Waals surface area contributed by atoms with Gasteiger partial charge in [0.15, 0.2) is 4.34 Å². The van der Waals surface area contributed by atoms with Crippen LogP contribution in [0.15, 0.2) is 40.7 Å². The molecule has 0 N–H and O–H groups in total. The molecule has 0 aliphatic carbocycles. The van der Waals surface area contributed by atoms with E-state index in [1.54, 1.807) is 12.1 Å². The van der Waals surface area contributed by atoms with Crippen LogP contribution in [0.4, 0.5) is 5.69 Å². The van der Waals surface area contributed by atoms with Crippen LogP contribution in [-0.2, 0) is 9.59 Å². The number of hydrogen-bond donors (Lipinski definition) is 0. The molecule has 2 amide bonds. The van der Waals surface area contributed by atoms with Crippen LogP contribution in [0.5, 0.6) is 5.75 Å². The molecule has 0 saturated carbocycles. The predicted molar refractivity (Wildman–Crippen MR) is 114 cm³/mol. The van der Waals surface area contributed by atoms with Gasteiger partial charge in [-0.3, -0.25) is 9.59 Å². The molecule has 9 heteroatoms. The van der Waals surface area contributed by atoms with Crippen LogP contribution in [-0.4, -0.2) is 28.7 Å². The molecule has 2 heterocycles. The predicted octanol–water partition coefficient (Wildman–Crippen LogP) is 5.43. The molecule has 1 aliphatic rings. The van der Waals surface area contributed by atoms with Gasteiger partial charge in [0.2, 0.25) is 11.8 Å². The Kier molecular flexibility index (Phi) is 5.51. The molecule has 4 rings (SSSR count). The lowest BCUT2D eigenvalue weighted by Gasteiger charge is -2.16. The van der Waals surface area contributed by atoms with Crippen LogP contribution in [0.3, 0.4) is 0 Å². The summed E-state index contributed by atoms with van der Waals surface area (Å²) < 4.78 is 7.22. The number of fused-ring (bicyclic) bond motifs is 1. The van der Waals surface area contributed by atoms with Crippen molar-refractivity contribution in [2.75, 3.05) is 11.5 Å². The first kappa shape index (κ1) is 19.5. The van der Waals surface area contributed by atoms with Crippen molar-refractivity contribution in [3.05, 3.63) is 46.4 Å². The number of carbonyl (C=O) groups excluding carboxylic acids is 2. The van der Waals surface area contributed by atoms with Gasteiger partial charge >= 0.3 is 0 Å². The summed E-state index contributed by atoms with van der Waals surface area (Å²) in [6, 6.07) is 10.4. The number of anilines is 1. The largest absolute Gasteiger partial charge is 0.494 e. The highest BCUT2D eigenvalue weighted by Crippen LogP contribution is 2.40. The standard InChI is InChI=1S/C19H14Cl2N2O3S2/c1-2-26-11-4-6-13-15(8-11)27-19(22-13)28-16-9-17(24)23(18(16)25)14-7-10(20)3-5-12(14)21/h3-8,16H,2,9H2,1H3/t16-/m1/s1. The van der Waals surface area contributed by atoms with E-state index in [1.807, 2.05) is 25.1 Å². The zero-order valence-corrected chi connectivity index (χ0v) is 17.8. The molecule has 0 radical (unpaired) electrons. The van der Waals surface area contributed by atoms with Crippen molar-refractivity contribution in [3.8, 4) is 5.75 Å². The molecule has 1 aromatic heterocycles. The van der Waals surface area contributed by atoms with Crippen molar-refractivity contribution in [1.29, 1.82) is 0 Å². The molecule has 1 saturated heterocycles. The molecule has 2 aromatic carbocycles. The van der Waals surface area contributed by atoms with Gasteiger partial charge in [0.1, 0.15) is 11.0 Å². The highest BCUT2D eigenvalue weighted by atomic mass is 35.5. The summed E-state index contributed by atoms with van der Waals surface area (Å²) in [7, 11) is 0. The Labute approximate surface area is 179 Å². The molecule has 5 nitrogen and oxygen atoms in total. The zero-order chi connectivity index (χ0) is 19.8. The second-order valence-corrected chi connectivity index (χ2v) is 9.34. The fraction of sp³-hybridized carbons (Fsp3) is 0.211. The number of carbonyl (C=O) groups is 2. The van der Waals surface area contributed by atoms with Crippen molar-refractivity contribution in [1.82, 2.24) is 4.98 Å². The molecule has 0 unspecified atom stereocenters. The fourth-order valence-electron chi connectivity index (χ4n) is 2.92. The Balaban J connectivity index is 1.57. The number of rotatable bonds is 5. The first-order valence-corrected chi connectivity index (χ1v) is 10.9. The minimum absolute atomic E-state index is 0.0897. The molecule has 1 aliphatic heterocycles. The van der Waals surface area contributed by atoms with E-state index in [0.717, 1.165) is 25.2 Å². The van der Waals surface area contributed by atoms with Crippen LogP contribution in [0, 0.1) is 0 Å². The number of benzene rings is 2. The molecule has 3 aromatic rings. The number of amides is 2. The van der Waals surface area contributed by atoms with Crippen molar-refractivity contribution in [3.63, 3.8) is 0 Å². The number of aromatic nitrogens is 1. The molecule has 1 fully saturated rings. The molecule has 144 valence electrons. The van der Waals surface area contributed by atoms with Gasteiger partial charge in [-0.25, -0.2) is 9.88 Å². The topological polar surface area (TPSA) is 59.5 Å². The monoisotopic (exact) mass is 452 g/mol. The molecule has 0 bridgehead atoms. The summed E-state index contributed by atoms with van der Waals surface area (Å²) in [6.45, 7) is 2.52. The number of nitrogens with zero attached hydrogens (tertiary/aromatic N) is 2. The molecular formula is C19H14Cl2N2O3S2. The summed E-state index contributed by atoms with van der Waals surface area (Å²) in [4.78, 5) is 31.1. The van der Waals surface area contributed by atoms with Gasteiger partial charge < -0.3 is 4.74 Å². The second-order valence-electron chi connectivity index (χ2n) is 6.02. The van der Waals surface area contributed by atoms with Gasteiger partial charge in [-0.2, -0.15) is 0 Å². The minimum atomic E-state index is -0.547. The van der Waals surface area contributed by atoms with Crippen molar-refractivity contribution < 1.29 is 14.3 Å². The van der Waals surface area contributed by atoms with E-state index in [2.05, 4.69) is 4.98 Å². The van der Waals surface area contributed by atoms with Gasteiger partial charge in [-0.1, -0.05) is 35.0 Å². The average Bonchev–Trinajstić information content (AvgIpc) is 3.17. The quantitative estimate of drug-likeness (QED) is 0.483. The minimum Gasteiger partial charge on any atom is -0.494 e. The van der Waals surface area contributed by atoms with E-state index in [1.165, 1.54) is 29.2 Å². The smallest absolute Gasteiger partial charge is 0.247 e. The van der Waals surface area contributed by atoms with Crippen LogP contribution < -0.4 is 9.64 Å². The lowest BCUT2D eigenvalue weighted by molar-refractivity contribution is -0.121. The number of halogens is 2. The Bertz CT molecular complexity index is 1090. The first-order valence-electron chi connectivity index (χ1n) is 8.48. The normalized spacial score (nSPS) is 17.0. The third kappa shape index (κ3) is 3.72. The summed E-state index contributed by atoms with van der Waals surface area (Å²) in [5, 5.41) is 0.169. The van der Waals surface area contributed by atoms with Crippen molar-refractivity contribution >= 4 is 74.0 Å². The Morgan fingerprint density at radius 1 is 1.25 bits per heavy atom. The Morgan fingerprint density at radius 2 is 2.07 bits per heavy atom. The third-order valence-electron chi connectivity index (χ3n) is 4.15. The fourth-order valence-corrected chi connectivity index (χ4v) is 5.65. The van der Waals surface area contributed by atoms with Gasteiger partial charge in [-0.05, 0) is 43.3 Å². The Morgan fingerprint density at radius 3 is 2.86 bits per heavy atom. The maximum Gasteiger partial charge on any atom is 0.247 e. The van der Waals surface area contributed by atoms with Gasteiger partial charge in [-0.15, -0.1) is 11.3 Å². The number of thiazole rings is 1. The zero-order valence-electron chi connectivity index (χ0n) is 14.6. The van der Waals surface area contributed by atoms with Crippen LogP contribution in [0.25, 0.3) is 10.2 Å². The van der Waals surface area contributed by atoms with Crippen LogP contribution in [0.1, 0.15) is 13.3 Å². The van der Waals surface area contributed by atoms with E-state index >= 15 is 0 Å². The summed E-state index contributed by atoms with van der Waals surface area (Å²) >= 11 is 14.9. The number of hydrogen-bond acceptors (Lipinski definition) is 6. The second kappa shape index (κ2) is 7.91. The third-order valence-corrected chi connectivity index (χ3v) is 7.00. The van der Waals surface area contributed by atoms with E-state index < -0.39 is 5.25 Å². The highest BCUT2D eigenvalue weighted by Gasteiger charge is 2.41. The van der Waals surface area contributed by atoms with Crippen molar-refractivity contribution in [2.45, 2.75) is 22.9 Å². The van der Waals surface area contributed by atoms with E-state index in [9.17, 15) is 9.59 Å². The van der Waals surface area contributed by atoms with Crippen LogP contribution >= 0.6 is 46.3 Å². The van der Waals surface area contributed by atoms with E-state index in [4.69, 9.17) is 27.9 Å². The van der Waals surface area contributed by atoms with Gasteiger partial charge in [0.25, 0.3) is 0 Å². The van der Waals surface area contributed by atoms with Crippen molar-refractivity contribution in [2.24, 2.45) is 0 Å². The maximum atomic E-state index is 12.9.